The number of hydrogen-bond donors (Lipinski definition) is 2. The van der Waals surface area contributed by atoms with Gasteiger partial charge in [-0.1, -0.05) is 18.2 Å². The van der Waals surface area contributed by atoms with Gasteiger partial charge in [-0.15, -0.1) is 0 Å². The van der Waals surface area contributed by atoms with Crippen LogP contribution in [0.25, 0.3) is 0 Å². The van der Waals surface area contributed by atoms with Crippen molar-refractivity contribution in [3.05, 3.63) is 29.8 Å². The fourth-order valence-electron chi connectivity index (χ4n) is 1.40. The predicted octanol–water partition coefficient (Wildman–Crippen LogP) is 1.90. The van der Waals surface area contributed by atoms with Crippen molar-refractivity contribution in [2.24, 2.45) is 4.99 Å². The standard InChI is InChI=1S/C8H7ClNO4P/c9-14-15(12,13)8(11)5-10-7-4-2-1-3-6(7)8/h1-5,11H,(H,12,13). The highest BCUT2D eigenvalue weighted by Crippen LogP contribution is 2.62. The third-order valence-corrected chi connectivity index (χ3v) is 4.17. The first-order valence-electron chi connectivity index (χ1n) is 4.01. The minimum absolute atomic E-state index is 0.205. The highest BCUT2D eigenvalue weighted by atomic mass is 35.5. The molecule has 2 rings (SSSR count). The van der Waals surface area contributed by atoms with Crippen molar-refractivity contribution >= 4 is 31.4 Å². The minimum atomic E-state index is -4.39. The van der Waals surface area contributed by atoms with Crippen molar-refractivity contribution in [3.63, 3.8) is 0 Å². The number of rotatable bonds is 2. The summed E-state index contributed by atoms with van der Waals surface area (Å²) in [5, 5.41) is 7.84. The molecule has 1 aliphatic rings. The Morgan fingerprint density at radius 2 is 2.13 bits per heavy atom. The molecule has 0 bridgehead atoms. The van der Waals surface area contributed by atoms with Crippen LogP contribution in [0.4, 0.5) is 5.69 Å². The van der Waals surface area contributed by atoms with E-state index in [0.29, 0.717) is 5.69 Å². The van der Waals surface area contributed by atoms with E-state index in [4.69, 9.17) is 11.9 Å². The largest absolute Gasteiger partial charge is 0.385 e. The van der Waals surface area contributed by atoms with Gasteiger partial charge in [-0.2, -0.15) is 4.08 Å². The highest BCUT2D eigenvalue weighted by molar-refractivity contribution is 7.55. The van der Waals surface area contributed by atoms with Crippen LogP contribution >= 0.6 is 19.5 Å². The second kappa shape index (κ2) is 3.40. The summed E-state index contributed by atoms with van der Waals surface area (Å²) in [4.78, 5) is 13.2. The summed E-state index contributed by atoms with van der Waals surface area (Å²) in [6.45, 7) is 0. The Labute approximate surface area is 90.7 Å². The average molecular weight is 248 g/mol. The van der Waals surface area contributed by atoms with Crippen molar-refractivity contribution in [3.8, 4) is 0 Å². The summed E-state index contributed by atoms with van der Waals surface area (Å²) in [5.74, 6) is 0. The molecule has 0 saturated heterocycles. The molecule has 1 aliphatic heterocycles. The van der Waals surface area contributed by atoms with Crippen LogP contribution in [0.15, 0.2) is 29.3 Å². The van der Waals surface area contributed by atoms with Gasteiger partial charge in [-0.25, -0.2) is 0 Å². The van der Waals surface area contributed by atoms with Gasteiger partial charge in [0.05, 0.1) is 23.8 Å². The van der Waals surface area contributed by atoms with E-state index in [1.165, 1.54) is 6.07 Å². The third kappa shape index (κ3) is 1.44. The first kappa shape index (κ1) is 10.8. The summed E-state index contributed by atoms with van der Waals surface area (Å²) >= 11 is 4.89. The quantitative estimate of drug-likeness (QED) is 0.783. The van der Waals surface area contributed by atoms with E-state index in [2.05, 4.69) is 9.07 Å². The molecule has 0 fully saturated rings. The Morgan fingerprint density at radius 1 is 1.47 bits per heavy atom. The number of aliphatic imine (C=N–C) groups is 1. The number of nitrogens with zero attached hydrogens (tertiary/aromatic N) is 1. The maximum Gasteiger partial charge on any atom is 0.385 e. The van der Waals surface area contributed by atoms with E-state index in [-0.39, 0.29) is 5.56 Å². The summed E-state index contributed by atoms with van der Waals surface area (Å²) in [6, 6.07) is 6.41. The maximum absolute atomic E-state index is 11.5. The zero-order valence-corrected chi connectivity index (χ0v) is 9.02. The van der Waals surface area contributed by atoms with Crippen molar-refractivity contribution in [2.45, 2.75) is 5.34 Å². The number of fused-ring (bicyclic) bond motifs is 1. The second-order valence-corrected chi connectivity index (χ2v) is 5.37. The normalized spacial score (nSPS) is 27.4. The predicted molar refractivity (Wildman–Crippen MR) is 55.3 cm³/mol. The molecule has 0 radical (unpaired) electrons. The molecule has 0 aromatic heterocycles. The molecule has 0 spiro atoms. The molecule has 1 aromatic carbocycles. The molecular weight excluding hydrogens is 241 g/mol. The Morgan fingerprint density at radius 3 is 2.80 bits per heavy atom. The molecule has 1 heterocycles. The summed E-state index contributed by atoms with van der Waals surface area (Å²) in [7, 11) is -4.39. The molecule has 2 atom stereocenters. The van der Waals surface area contributed by atoms with Gasteiger partial charge in [-0.05, 0) is 6.07 Å². The minimum Gasteiger partial charge on any atom is -0.369 e. The van der Waals surface area contributed by atoms with E-state index in [1.54, 1.807) is 18.2 Å². The summed E-state index contributed by atoms with van der Waals surface area (Å²) in [5.41, 5.74) is 0.625. The maximum atomic E-state index is 11.5. The van der Waals surface area contributed by atoms with Crippen LogP contribution in [-0.4, -0.2) is 16.2 Å². The SMILES string of the molecule is O=P(O)(OCl)C1(O)C=Nc2ccccc21. The molecule has 0 amide bonds. The van der Waals surface area contributed by atoms with E-state index in [0.717, 1.165) is 6.21 Å². The second-order valence-electron chi connectivity index (χ2n) is 3.09. The van der Waals surface area contributed by atoms with Crippen molar-refractivity contribution in [1.29, 1.82) is 0 Å². The lowest BCUT2D eigenvalue weighted by molar-refractivity contribution is 0.166. The van der Waals surface area contributed by atoms with Crippen LogP contribution in [0.3, 0.4) is 0 Å². The van der Waals surface area contributed by atoms with Gasteiger partial charge in [0.2, 0.25) is 5.34 Å². The zero-order valence-electron chi connectivity index (χ0n) is 7.37. The monoisotopic (exact) mass is 247 g/mol. The van der Waals surface area contributed by atoms with Crippen LogP contribution < -0.4 is 0 Å². The van der Waals surface area contributed by atoms with Crippen LogP contribution in [-0.2, 0) is 14.0 Å². The number of aliphatic hydroxyl groups is 1. The van der Waals surface area contributed by atoms with Crippen molar-refractivity contribution in [2.75, 3.05) is 0 Å². The first-order chi connectivity index (χ1) is 7.01. The number of benzene rings is 1. The lowest BCUT2D eigenvalue weighted by Crippen LogP contribution is -2.24. The Bertz CT molecular complexity index is 477. The topological polar surface area (TPSA) is 79.1 Å². The molecule has 0 aliphatic carbocycles. The molecule has 80 valence electrons. The molecular formula is C8H7ClNO4P. The Hall–Kier alpha value is -0.710. The third-order valence-electron chi connectivity index (χ3n) is 2.21. The van der Waals surface area contributed by atoms with Crippen molar-refractivity contribution in [1.82, 2.24) is 0 Å². The van der Waals surface area contributed by atoms with Crippen LogP contribution in [0.2, 0.25) is 0 Å². The van der Waals surface area contributed by atoms with Gasteiger partial charge in [-0.3, -0.25) is 9.56 Å². The molecule has 1 aromatic rings. The van der Waals surface area contributed by atoms with Gasteiger partial charge in [0.1, 0.15) is 0 Å². The lowest BCUT2D eigenvalue weighted by Gasteiger charge is -2.23. The fraction of sp³-hybridized carbons (Fsp3) is 0.125. The van der Waals surface area contributed by atoms with E-state index >= 15 is 0 Å². The van der Waals surface area contributed by atoms with E-state index in [9.17, 15) is 14.6 Å². The van der Waals surface area contributed by atoms with Gasteiger partial charge in [0, 0.05) is 5.56 Å². The van der Waals surface area contributed by atoms with Gasteiger partial charge >= 0.3 is 7.60 Å². The number of para-hydroxylation sites is 1. The molecule has 7 heteroatoms. The van der Waals surface area contributed by atoms with Crippen molar-refractivity contribution < 1.29 is 18.6 Å². The molecule has 15 heavy (non-hydrogen) atoms. The average Bonchev–Trinajstić information content (AvgIpc) is 2.59. The number of hydrogen-bond acceptors (Lipinski definition) is 4. The summed E-state index contributed by atoms with van der Waals surface area (Å²) in [6.07, 6.45) is 0.959. The van der Waals surface area contributed by atoms with Gasteiger partial charge in [0.15, 0.2) is 0 Å². The Kier molecular flexibility index (Phi) is 2.45. The highest BCUT2D eigenvalue weighted by Gasteiger charge is 2.52. The Balaban J connectivity index is 2.60. The van der Waals surface area contributed by atoms with Crippen LogP contribution in [0.1, 0.15) is 5.56 Å². The molecule has 2 unspecified atom stereocenters. The van der Waals surface area contributed by atoms with Crippen LogP contribution in [0.5, 0.6) is 0 Å². The zero-order chi connectivity index (χ0) is 11.1. The molecule has 5 nitrogen and oxygen atoms in total. The fourth-order valence-corrected chi connectivity index (χ4v) is 2.52. The number of halogens is 1. The summed E-state index contributed by atoms with van der Waals surface area (Å²) < 4.78 is 15.5. The lowest BCUT2D eigenvalue weighted by atomic mass is 10.1. The van der Waals surface area contributed by atoms with E-state index in [1.807, 2.05) is 0 Å². The smallest absolute Gasteiger partial charge is 0.369 e. The molecule has 0 saturated carbocycles. The van der Waals surface area contributed by atoms with Crippen LogP contribution in [0, 0.1) is 0 Å². The van der Waals surface area contributed by atoms with E-state index < -0.39 is 12.9 Å². The van der Waals surface area contributed by atoms with Gasteiger partial charge in [0.25, 0.3) is 0 Å². The van der Waals surface area contributed by atoms with Gasteiger partial charge < -0.3 is 10.00 Å². The molecule has 2 N–H and O–H groups in total. The first-order valence-corrected chi connectivity index (χ1v) is 5.90.